The number of carbonyl (C=O) groups is 5. The maximum Gasteiger partial charge on any atom is 0.326 e. The Labute approximate surface area is 214 Å². The molecule has 1 heterocycles. The molecule has 1 aromatic rings. The van der Waals surface area contributed by atoms with Gasteiger partial charge in [0.15, 0.2) is 0 Å². The summed E-state index contributed by atoms with van der Waals surface area (Å²) in [7, 11) is 0. The minimum Gasteiger partial charge on any atom is -0.481 e. The molecule has 1 aliphatic rings. The number of carbonyl (C=O) groups excluding carboxylic acids is 3. The molecule has 198 valence electrons. The fourth-order valence-corrected chi connectivity index (χ4v) is 4.49. The number of hydrogen-bond donors (Lipinski definition) is 5. The molecular formula is C24H34N4O7S. The largest absolute Gasteiger partial charge is 0.481 e. The van der Waals surface area contributed by atoms with Crippen molar-refractivity contribution in [1.29, 1.82) is 0 Å². The van der Waals surface area contributed by atoms with Gasteiger partial charge in [0.05, 0.1) is 6.04 Å². The molecule has 1 saturated heterocycles. The van der Waals surface area contributed by atoms with E-state index < -0.39 is 53.8 Å². The summed E-state index contributed by atoms with van der Waals surface area (Å²) >= 11 is 1.52. The second-order valence-corrected chi connectivity index (χ2v) is 9.65. The van der Waals surface area contributed by atoms with Gasteiger partial charge in [0, 0.05) is 19.4 Å². The molecule has 2 rings (SSSR count). The predicted molar refractivity (Wildman–Crippen MR) is 134 cm³/mol. The zero-order valence-electron chi connectivity index (χ0n) is 20.2. The lowest BCUT2D eigenvalue weighted by atomic mass is 10.0. The fourth-order valence-electron chi connectivity index (χ4n) is 4.00. The van der Waals surface area contributed by atoms with Crippen molar-refractivity contribution in [3.05, 3.63) is 35.9 Å². The maximum atomic E-state index is 13.3. The molecule has 4 unspecified atom stereocenters. The van der Waals surface area contributed by atoms with E-state index in [-0.39, 0.29) is 25.8 Å². The molecule has 1 aliphatic heterocycles. The van der Waals surface area contributed by atoms with Gasteiger partial charge in [-0.2, -0.15) is 11.8 Å². The van der Waals surface area contributed by atoms with Crippen molar-refractivity contribution < 1.29 is 34.2 Å². The SMILES string of the molecule is CSCCC(N)C(=O)NC(CCC(=O)O)C(=O)N1CCCC1C(=O)NC(Cc1ccccc1)C(=O)O. The van der Waals surface area contributed by atoms with Crippen LogP contribution in [0.1, 0.15) is 37.7 Å². The Morgan fingerprint density at radius 1 is 1.08 bits per heavy atom. The number of thioether (sulfide) groups is 1. The van der Waals surface area contributed by atoms with Crippen LogP contribution in [0, 0.1) is 0 Å². The average molecular weight is 523 g/mol. The van der Waals surface area contributed by atoms with Crippen LogP contribution in [0.3, 0.4) is 0 Å². The summed E-state index contributed by atoms with van der Waals surface area (Å²) in [6.07, 6.45) is 2.64. The van der Waals surface area contributed by atoms with Crippen molar-refractivity contribution >= 4 is 41.4 Å². The van der Waals surface area contributed by atoms with E-state index in [1.165, 1.54) is 16.7 Å². The highest BCUT2D eigenvalue weighted by Gasteiger charge is 2.39. The fraction of sp³-hybridized carbons (Fsp3) is 0.542. The number of rotatable bonds is 14. The van der Waals surface area contributed by atoms with Gasteiger partial charge in [0.25, 0.3) is 0 Å². The second-order valence-electron chi connectivity index (χ2n) is 8.66. The normalized spacial score (nSPS) is 17.6. The summed E-state index contributed by atoms with van der Waals surface area (Å²) in [5.41, 5.74) is 6.63. The average Bonchev–Trinajstić information content (AvgIpc) is 3.34. The standard InChI is InChI=1S/C24H34N4O7S/c1-36-13-11-16(25)21(31)26-17(9-10-20(29)30)23(33)28-12-5-8-19(28)22(32)27-18(24(34)35)14-15-6-3-2-4-7-15/h2-4,6-7,16-19H,5,8-14,25H2,1H3,(H,26,31)(H,27,32)(H,29,30)(H,34,35). The molecule has 0 aliphatic carbocycles. The van der Waals surface area contributed by atoms with Crippen LogP contribution in [0.4, 0.5) is 0 Å². The van der Waals surface area contributed by atoms with Gasteiger partial charge in [0.1, 0.15) is 18.1 Å². The highest BCUT2D eigenvalue weighted by molar-refractivity contribution is 7.98. The van der Waals surface area contributed by atoms with Gasteiger partial charge < -0.3 is 31.5 Å². The number of nitrogens with one attached hydrogen (secondary N) is 2. The van der Waals surface area contributed by atoms with E-state index in [2.05, 4.69) is 10.6 Å². The van der Waals surface area contributed by atoms with Crippen LogP contribution in [-0.4, -0.2) is 87.5 Å². The van der Waals surface area contributed by atoms with Crippen molar-refractivity contribution in [2.24, 2.45) is 5.73 Å². The number of benzene rings is 1. The lowest BCUT2D eigenvalue weighted by molar-refractivity contribution is -0.145. The number of carboxylic acids is 2. The van der Waals surface area contributed by atoms with E-state index in [0.29, 0.717) is 25.0 Å². The highest BCUT2D eigenvalue weighted by Crippen LogP contribution is 2.20. The lowest BCUT2D eigenvalue weighted by Gasteiger charge is -2.30. The minimum absolute atomic E-state index is 0.0772. The summed E-state index contributed by atoms with van der Waals surface area (Å²) in [4.78, 5) is 63.1. The van der Waals surface area contributed by atoms with Crippen LogP contribution in [0.15, 0.2) is 30.3 Å². The van der Waals surface area contributed by atoms with Crippen LogP contribution in [0.5, 0.6) is 0 Å². The summed E-state index contributed by atoms with van der Waals surface area (Å²) in [5, 5.41) is 23.8. The van der Waals surface area contributed by atoms with Gasteiger partial charge in [-0.3, -0.25) is 19.2 Å². The zero-order valence-corrected chi connectivity index (χ0v) is 21.0. The Hall–Kier alpha value is -3.12. The Bertz CT molecular complexity index is 930. The monoisotopic (exact) mass is 522 g/mol. The molecular weight excluding hydrogens is 488 g/mol. The first-order chi connectivity index (χ1) is 17.1. The number of nitrogens with zero attached hydrogens (tertiary/aromatic N) is 1. The molecule has 4 atom stereocenters. The quantitative estimate of drug-likeness (QED) is 0.228. The van der Waals surface area contributed by atoms with Crippen LogP contribution < -0.4 is 16.4 Å². The zero-order chi connectivity index (χ0) is 26.7. The highest BCUT2D eigenvalue weighted by atomic mass is 32.2. The topological polar surface area (TPSA) is 179 Å². The predicted octanol–water partition coefficient (Wildman–Crippen LogP) is 0.220. The second kappa shape index (κ2) is 14.4. The van der Waals surface area contributed by atoms with Crippen molar-refractivity contribution in [1.82, 2.24) is 15.5 Å². The Morgan fingerprint density at radius 3 is 2.39 bits per heavy atom. The molecule has 0 spiro atoms. The van der Waals surface area contributed by atoms with Crippen LogP contribution in [-0.2, 0) is 30.4 Å². The molecule has 1 fully saturated rings. The van der Waals surface area contributed by atoms with Gasteiger partial charge in [-0.05, 0) is 43.3 Å². The molecule has 0 aromatic heterocycles. The maximum absolute atomic E-state index is 13.3. The summed E-state index contributed by atoms with van der Waals surface area (Å²) in [5.74, 6) is -3.45. The Kier molecular flexibility index (Phi) is 11.7. The summed E-state index contributed by atoms with van der Waals surface area (Å²) in [6.45, 7) is 0.227. The van der Waals surface area contributed by atoms with E-state index in [4.69, 9.17) is 10.8 Å². The lowest BCUT2D eigenvalue weighted by Crippen LogP contribution is -2.57. The van der Waals surface area contributed by atoms with Crippen LogP contribution >= 0.6 is 11.8 Å². The third-order valence-electron chi connectivity index (χ3n) is 5.97. The molecule has 3 amide bonds. The van der Waals surface area contributed by atoms with Gasteiger partial charge in [0.2, 0.25) is 17.7 Å². The first-order valence-corrected chi connectivity index (χ1v) is 13.2. The molecule has 1 aromatic carbocycles. The van der Waals surface area contributed by atoms with Gasteiger partial charge in [-0.15, -0.1) is 0 Å². The van der Waals surface area contributed by atoms with Crippen LogP contribution in [0.25, 0.3) is 0 Å². The number of carboxylic acid groups (broad SMARTS) is 2. The van der Waals surface area contributed by atoms with E-state index >= 15 is 0 Å². The third kappa shape index (κ3) is 8.83. The number of amides is 3. The van der Waals surface area contributed by atoms with Crippen molar-refractivity contribution in [2.75, 3.05) is 18.6 Å². The molecule has 0 bridgehead atoms. The summed E-state index contributed by atoms with van der Waals surface area (Å²) in [6, 6.07) is 4.72. The van der Waals surface area contributed by atoms with Gasteiger partial charge in [-0.25, -0.2) is 4.79 Å². The smallest absolute Gasteiger partial charge is 0.326 e. The van der Waals surface area contributed by atoms with E-state index in [0.717, 1.165) is 5.56 Å². The van der Waals surface area contributed by atoms with Crippen molar-refractivity contribution in [3.63, 3.8) is 0 Å². The minimum atomic E-state index is -1.20. The molecule has 36 heavy (non-hydrogen) atoms. The Morgan fingerprint density at radius 2 is 1.78 bits per heavy atom. The van der Waals surface area contributed by atoms with Crippen LogP contribution in [0.2, 0.25) is 0 Å². The van der Waals surface area contributed by atoms with E-state index in [1.54, 1.807) is 30.3 Å². The first-order valence-electron chi connectivity index (χ1n) is 11.8. The molecule has 0 saturated carbocycles. The van der Waals surface area contributed by atoms with Gasteiger partial charge in [-0.1, -0.05) is 30.3 Å². The third-order valence-corrected chi connectivity index (χ3v) is 6.61. The number of hydrogen-bond acceptors (Lipinski definition) is 7. The number of nitrogens with two attached hydrogens (primary N) is 1. The summed E-state index contributed by atoms with van der Waals surface area (Å²) < 4.78 is 0. The van der Waals surface area contributed by atoms with E-state index in [9.17, 15) is 29.1 Å². The Balaban J connectivity index is 2.12. The van der Waals surface area contributed by atoms with Gasteiger partial charge >= 0.3 is 11.9 Å². The first kappa shape index (κ1) is 29.1. The molecule has 12 heteroatoms. The number of aliphatic carboxylic acids is 2. The van der Waals surface area contributed by atoms with Crippen molar-refractivity contribution in [3.8, 4) is 0 Å². The molecule has 11 nitrogen and oxygen atoms in total. The molecule has 0 radical (unpaired) electrons. The molecule has 6 N–H and O–H groups in total. The van der Waals surface area contributed by atoms with Crippen molar-refractivity contribution in [2.45, 2.75) is 62.7 Å². The number of likely N-dealkylation sites (tertiary alicyclic amines) is 1. The van der Waals surface area contributed by atoms with E-state index in [1.807, 2.05) is 6.26 Å².